The first-order valence-electron chi connectivity index (χ1n) is 6.02. The monoisotopic (exact) mass is 303 g/mol. The van der Waals surface area contributed by atoms with Gasteiger partial charge in [0.15, 0.2) is 13.8 Å². The molecular formula is C12H18NO6P. The Labute approximate surface area is 117 Å². The minimum atomic E-state index is -2.69. The molecule has 0 aromatic heterocycles. The zero-order chi connectivity index (χ0) is 15.1. The van der Waals surface area contributed by atoms with E-state index in [0.29, 0.717) is 19.4 Å². The molecule has 2 unspecified atom stereocenters. The lowest BCUT2D eigenvalue weighted by Crippen LogP contribution is -2.10. The fourth-order valence-electron chi connectivity index (χ4n) is 1.86. The van der Waals surface area contributed by atoms with Crippen LogP contribution in [0.1, 0.15) is 12.0 Å². The minimum absolute atomic E-state index is 0.124. The minimum Gasteiger partial charge on any atom is -0.490 e. The number of hydrogen-bond acceptors (Lipinski definition) is 5. The summed E-state index contributed by atoms with van der Waals surface area (Å²) in [6.45, 7) is 0.395. The number of hydrogen-bond donors (Lipinski definition) is 1. The Morgan fingerprint density at radius 3 is 2.65 bits per heavy atom. The lowest BCUT2D eigenvalue weighted by molar-refractivity contribution is -0.385. The lowest BCUT2D eigenvalue weighted by atomic mass is 10.1. The van der Waals surface area contributed by atoms with Gasteiger partial charge in [0.25, 0.3) is 0 Å². The van der Waals surface area contributed by atoms with Gasteiger partial charge in [0, 0.05) is 25.4 Å². The van der Waals surface area contributed by atoms with Crippen LogP contribution in [0.5, 0.6) is 5.75 Å². The van der Waals surface area contributed by atoms with Gasteiger partial charge in [0.1, 0.15) is 0 Å². The summed E-state index contributed by atoms with van der Waals surface area (Å²) < 4.78 is 21.2. The molecule has 0 fully saturated rings. The maximum absolute atomic E-state index is 11.3. The first-order valence-corrected chi connectivity index (χ1v) is 7.46. The van der Waals surface area contributed by atoms with Gasteiger partial charge in [-0.15, -0.1) is 0 Å². The summed E-state index contributed by atoms with van der Waals surface area (Å²) >= 11 is 0. The third-order valence-electron chi connectivity index (χ3n) is 2.94. The van der Waals surface area contributed by atoms with Gasteiger partial charge >= 0.3 is 5.69 Å². The molecular weight excluding hydrogens is 285 g/mol. The summed E-state index contributed by atoms with van der Waals surface area (Å²) in [5.41, 5.74) is 0.188. The highest BCUT2D eigenvalue weighted by molar-refractivity contribution is 7.38. The van der Waals surface area contributed by atoms with E-state index < -0.39 is 18.6 Å². The molecule has 1 aromatic carbocycles. The van der Waals surface area contributed by atoms with E-state index in [4.69, 9.17) is 9.47 Å². The first kappa shape index (κ1) is 16.6. The molecule has 0 saturated carbocycles. The third-order valence-corrected chi connectivity index (χ3v) is 4.13. The second kappa shape index (κ2) is 7.99. The van der Waals surface area contributed by atoms with E-state index in [1.165, 1.54) is 26.4 Å². The molecule has 1 N–H and O–H groups in total. The number of nitrogens with zero attached hydrogens (tertiary/aromatic N) is 1. The Hall–Kier alpha value is -1.43. The van der Waals surface area contributed by atoms with Crippen molar-refractivity contribution in [1.29, 1.82) is 0 Å². The van der Waals surface area contributed by atoms with Crippen LogP contribution in [0.15, 0.2) is 18.2 Å². The van der Waals surface area contributed by atoms with Crippen LogP contribution in [0.2, 0.25) is 0 Å². The molecule has 1 rings (SSSR count). The van der Waals surface area contributed by atoms with Crippen LogP contribution in [0.25, 0.3) is 0 Å². The average molecular weight is 303 g/mol. The summed E-state index contributed by atoms with van der Waals surface area (Å²) in [6.07, 6.45) is 0.816. The standard InChI is InChI=1S/C12H18NO6P/c1-18-6-5-10(20(16)17)7-9-3-4-11(13(14)15)12(8-9)19-2/h3-4,8,10,20H,5-7H2,1-2H3,(H,16,17). The van der Waals surface area contributed by atoms with Crippen LogP contribution in [-0.4, -0.2) is 36.3 Å². The molecule has 0 radical (unpaired) electrons. The van der Waals surface area contributed by atoms with Crippen molar-refractivity contribution >= 4 is 13.7 Å². The Morgan fingerprint density at radius 1 is 1.45 bits per heavy atom. The van der Waals surface area contributed by atoms with Crippen LogP contribution in [0.3, 0.4) is 0 Å². The molecule has 7 nitrogen and oxygen atoms in total. The number of ether oxygens (including phenoxy) is 2. The number of nitro benzene ring substituents is 1. The molecule has 2 atom stereocenters. The van der Waals surface area contributed by atoms with E-state index in [-0.39, 0.29) is 11.4 Å². The van der Waals surface area contributed by atoms with E-state index in [1.807, 2.05) is 0 Å². The maximum Gasteiger partial charge on any atom is 0.310 e. The van der Waals surface area contributed by atoms with Gasteiger partial charge in [-0.1, -0.05) is 6.07 Å². The smallest absolute Gasteiger partial charge is 0.310 e. The summed E-state index contributed by atoms with van der Waals surface area (Å²) in [5.74, 6) is 0.149. The van der Waals surface area contributed by atoms with Crippen LogP contribution in [0.4, 0.5) is 5.69 Å². The van der Waals surface area contributed by atoms with E-state index in [0.717, 1.165) is 5.56 Å². The molecule has 20 heavy (non-hydrogen) atoms. The summed E-state index contributed by atoms with van der Waals surface area (Å²) in [7, 11) is 0.186. The fourth-order valence-corrected chi connectivity index (χ4v) is 2.63. The van der Waals surface area contributed by atoms with Crippen molar-refractivity contribution in [3.05, 3.63) is 33.9 Å². The molecule has 0 amide bonds. The molecule has 112 valence electrons. The van der Waals surface area contributed by atoms with Crippen molar-refractivity contribution in [2.24, 2.45) is 0 Å². The molecule has 0 aliphatic carbocycles. The highest BCUT2D eigenvalue weighted by atomic mass is 31.1. The van der Waals surface area contributed by atoms with Crippen LogP contribution < -0.4 is 4.74 Å². The van der Waals surface area contributed by atoms with Crippen LogP contribution in [0, 0.1) is 10.1 Å². The maximum atomic E-state index is 11.3. The van der Waals surface area contributed by atoms with Gasteiger partial charge < -0.3 is 14.4 Å². The Kier molecular flexibility index (Phi) is 6.64. The molecule has 0 aliphatic rings. The van der Waals surface area contributed by atoms with Crippen molar-refractivity contribution in [2.45, 2.75) is 18.5 Å². The molecule has 8 heteroatoms. The number of methoxy groups -OCH3 is 2. The van der Waals surface area contributed by atoms with Crippen LogP contribution in [-0.2, 0) is 15.7 Å². The molecule has 0 saturated heterocycles. The zero-order valence-electron chi connectivity index (χ0n) is 11.4. The van der Waals surface area contributed by atoms with Crippen molar-refractivity contribution in [2.75, 3.05) is 20.8 Å². The van der Waals surface area contributed by atoms with Crippen molar-refractivity contribution in [3.63, 3.8) is 0 Å². The number of nitro groups is 1. The van der Waals surface area contributed by atoms with Crippen molar-refractivity contribution in [3.8, 4) is 5.75 Å². The highest BCUT2D eigenvalue weighted by Crippen LogP contribution is 2.32. The molecule has 0 spiro atoms. The van der Waals surface area contributed by atoms with E-state index in [2.05, 4.69) is 0 Å². The molecule has 0 bridgehead atoms. The molecule has 0 heterocycles. The predicted molar refractivity (Wildman–Crippen MR) is 74.9 cm³/mol. The number of benzene rings is 1. The van der Waals surface area contributed by atoms with Crippen molar-refractivity contribution < 1.29 is 23.9 Å². The predicted octanol–water partition coefficient (Wildman–Crippen LogP) is 2.02. The van der Waals surface area contributed by atoms with Crippen LogP contribution >= 0.6 is 8.03 Å². The lowest BCUT2D eigenvalue weighted by Gasteiger charge is -2.13. The Balaban J connectivity index is 2.90. The fraction of sp³-hybridized carbons (Fsp3) is 0.500. The van der Waals surface area contributed by atoms with Gasteiger partial charge in [0.05, 0.1) is 12.0 Å². The Bertz CT molecular complexity index is 493. The van der Waals surface area contributed by atoms with Gasteiger partial charge in [0.2, 0.25) is 0 Å². The van der Waals surface area contributed by atoms with Crippen molar-refractivity contribution in [1.82, 2.24) is 0 Å². The zero-order valence-corrected chi connectivity index (χ0v) is 12.4. The second-order valence-electron chi connectivity index (χ2n) is 4.28. The van der Waals surface area contributed by atoms with Gasteiger partial charge in [-0.05, 0) is 24.5 Å². The van der Waals surface area contributed by atoms with E-state index >= 15 is 0 Å². The van der Waals surface area contributed by atoms with Gasteiger partial charge in [-0.3, -0.25) is 14.7 Å². The number of rotatable bonds is 8. The highest BCUT2D eigenvalue weighted by Gasteiger charge is 2.19. The average Bonchev–Trinajstić information content (AvgIpc) is 2.42. The van der Waals surface area contributed by atoms with Gasteiger partial charge in [-0.2, -0.15) is 0 Å². The summed E-state index contributed by atoms with van der Waals surface area (Å²) in [6, 6.07) is 4.45. The first-order chi connectivity index (χ1) is 9.49. The largest absolute Gasteiger partial charge is 0.490 e. The second-order valence-corrected chi connectivity index (χ2v) is 5.78. The topological polar surface area (TPSA) is 98.9 Å². The summed E-state index contributed by atoms with van der Waals surface area (Å²) in [4.78, 5) is 19.6. The Morgan fingerprint density at radius 2 is 2.15 bits per heavy atom. The van der Waals surface area contributed by atoms with E-state index in [9.17, 15) is 19.6 Å². The third kappa shape index (κ3) is 4.59. The normalized spacial score (nSPS) is 13.8. The molecule has 0 aliphatic heterocycles. The molecule has 1 aromatic rings. The van der Waals surface area contributed by atoms with E-state index in [1.54, 1.807) is 6.07 Å². The van der Waals surface area contributed by atoms with Gasteiger partial charge in [-0.25, -0.2) is 0 Å². The SMILES string of the molecule is COCCC(Cc1ccc([N+](=O)[O-])c(OC)c1)[PH](=O)O. The summed E-state index contributed by atoms with van der Waals surface area (Å²) in [5, 5.41) is 10.8. The quantitative estimate of drug-likeness (QED) is 0.448.